The van der Waals surface area contributed by atoms with E-state index < -0.39 is 0 Å². The first-order chi connectivity index (χ1) is 16.6. The highest BCUT2D eigenvalue weighted by molar-refractivity contribution is 5.82. The van der Waals surface area contributed by atoms with Gasteiger partial charge in [-0.3, -0.25) is 4.79 Å². The van der Waals surface area contributed by atoms with Crippen molar-refractivity contribution < 1.29 is 19.0 Å². The van der Waals surface area contributed by atoms with Crippen LogP contribution in [0.15, 0.2) is 60.7 Å². The van der Waals surface area contributed by atoms with Crippen molar-refractivity contribution in [2.45, 2.75) is 25.6 Å². The summed E-state index contributed by atoms with van der Waals surface area (Å²) in [6.07, 6.45) is 0.546. The van der Waals surface area contributed by atoms with Gasteiger partial charge in [0.15, 0.2) is 0 Å². The molecule has 0 aromatic heterocycles. The summed E-state index contributed by atoms with van der Waals surface area (Å²) in [5.41, 5.74) is 4.13. The molecule has 1 aliphatic heterocycles. The molecule has 1 fully saturated rings. The van der Waals surface area contributed by atoms with Crippen LogP contribution in [0, 0.1) is 11.3 Å². The Bertz CT molecular complexity index is 1170. The summed E-state index contributed by atoms with van der Waals surface area (Å²) in [6.45, 7) is 1.43. The molecule has 4 rings (SSSR count). The largest absolute Gasteiger partial charge is 0.496 e. The van der Waals surface area contributed by atoms with Crippen molar-refractivity contribution in [1.82, 2.24) is 10.6 Å². The predicted octanol–water partition coefficient (Wildman–Crippen LogP) is 3.80. The van der Waals surface area contributed by atoms with Gasteiger partial charge in [-0.2, -0.15) is 5.26 Å². The molecule has 0 bridgehead atoms. The summed E-state index contributed by atoms with van der Waals surface area (Å²) in [5, 5.41) is 16.0. The Labute approximate surface area is 199 Å². The lowest BCUT2D eigenvalue weighted by atomic mass is 9.96. The fourth-order valence-electron chi connectivity index (χ4n) is 4.01. The molecule has 1 unspecified atom stereocenters. The van der Waals surface area contributed by atoms with Gasteiger partial charge in [0.1, 0.15) is 29.9 Å². The van der Waals surface area contributed by atoms with Gasteiger partial charge >= 0.3 is 0 Å². The van der Waals surface area contributed by atoms with Crippen LogP contribution in [0.2, 0.25) is 0 Å². The predicted molar refractivity (Wildman–Crippen MR) is 129 cm³/mol. The van der Waals surface area contributed by atoms with E-state index in [2.05, 4.69) is 16.7 Å². The van der Waals surface area contributed by atoms with Crippen LogP contribution in [0.1, 0.15) is 23.1 Å². The lowest BCUT2D eigenvalue weighted by Gasteiger charge is -2.27. The SMILES string of the molecule is COc1cc(OCc2cccc(-c3ccccc3)c2C#N)cc(OC)c1CNCC1CC(=O)N1. The van der Waals surface area contributed by atoms with E-state index in [1.165, 1.54) is 0 Å². The third-order valence-electron chi connectivity index (χ3n) is 5.81. The van der Waals surface area contributed by atoms with Crippen molar-refractivity contribution in [2.75, 3.05) is 20.8 Å². The third-order valence-corrected chi connectivity index (χ3v) is 5.81. The molecule has 2 N–H and O–H groups in total. The molecule has 7 nitrogen and oxygen atoms in total. The lowest BCUT2D eigenvalue weighted by Crippen LogP contribution is -2.53. The number of nitrogens with one attached hydrogen (secondary N) is 2. The molecule has 34 heavy (non-hydrogen) atoms. The van der Waals surface area contributed by atoms with E-state index >= 15 is 0 Å². The zero-order valence-corrected chi connectivity index (χ0v) is 19.3. The van der Waals surface area contributed by atoms with Crippen LogP contribution >= 0.6 is 0 Å². The number of benzene rings is 3. The minimum atomic E-state index is 0.0809. The smallest absolute Gasteiger partial charge is 0.222 e. The highest BCUT2D eigenvalue weighted by Crippen LogP contribution is 2.35. The van der Waals surface area contributed by atoms with Crippen LogP contribution in [-0.2, 0) is 17.9 Å². The maximum absolute atomic E-state index is 11.1. The van der Waals surface area contributed by atoms with E-state index in [4.69, 9.17) is 14.2 Å². The van der Waals surface area contributed by atoms with Crippen molar-refractivity contribution in [3.8, 4) is 34.4 Å². The summed E-state index contributed by atoms with van der Waals surface area (Å²) < 4.78 is 17.3. The fourth-order valence-corrected chi connectivity index (χ4v) is 4.01. The van der Waals surface area contributed by atoms with E-state index in [-0.39, 0.29) is 18.6 Å². The number of carbonyl (C=O) groups is 1. The van der Waals surface area contributed by atoms with E-state index in [0.29, 0.717) is 42.3 Å². The Kier molecular flexibility index (Phi) is 7.31. The van der Waals surface area contributed by atoms with Gasteiger partial charge in [-0.1, -0.05) is 48.5 Å². The quantitative estimate of drug-likeness (QED) is 0.450. The number of methoxy groups -OCH3 is 2. The van der Waals surface area contributed by atoms with E-state index in [0.717, 1.165) is 22.3 Å². The van der Waals surface area contributed by atoms with Gasteiger partial charge in [0.05, 0.1) is 31.4 Å². The number of ether oxygens (including phenoxy) is 3. The standard InChI is InChI=1S/C27H27N3O4/c1-32-25-12-21(13-26(33-2)24(25)16-29-15-20-11-27(31)30-20)34-17-19-9-6-10-22(23(19)14-28)18-7-4-3-5-8-18/h3-10,12-13,20,29H,11,15-17H2,1-2H3,(H,30,31). The normalized spacial score (nSPS) is 14.5. The van der Waals surface area contributed by atoms with Crippen molar-refractivity contribution in [3.63, 3.8) is 0 Å². The van der Waals surface area contributed by atoms with Crippen molar-refractivity contribution in [2.24, 2.45) is 0 Å². The van der Waals surface area contributed by atoms with E-state index in [1.54, 1.807) is 14.2 Å². The molecule has 0 radical (unpaired) electrons. The summed E-state index contributed by atoms with van der Waals surface area (Å²) in [5.74, 6) is 1.94. The first-order valence-electron chi connectivity index (χ1n) is 11.1. The lowest BCUT2D eigenvalue weighted by molar-refractivity contribution is -0.128. The highest BCUT2D eigenvalue weighted by atomic mass is 16.5. The molecule has 1 saturated heterocycles. The minimum Gasteiger partial charge on any atom is -0.496 e. The summed E-state index contributed by atoms with van der Waals surface area (Å²) in [4.78, 5) is 11.1. The second-order valence-corrected chi connectivity index (χ2v) is 8.01. The van der Waals surface area contributed by atoms with Crippen LogP contribution in [0.3, 0.4) is 0 Å². The number of nitrogens with zero attached hydrogens (tertiary/aromatic N) is 1. The Morgan fingerprint density at radius 2 is 1.76 bits per heavy atom. The molecule has 7 heteroatoms. The maximum Gasteiger partial charge on any atom is 0.222 e. The van der Waals surface area contributed by atoms with Gasteiger partial charge in [-0.05, 0) is 11.1 Å². The first-order valence-corrected chi connectivity index (χ1v) is 11.1. The van der Waals surface area contributed by atoms with Crippen LogP contribution in [-0.4, -0.2) is 32.7 Å². The Hall–Kier alpha value is -4.02. The molecule has 1 heterocycles. The van der Waals surface area contributed by atoms with Gasteiger partial charge in [-0.25, -0.2) is 0 Å². The Morgan fingerprint density at radius 1 is 1.06 bits per heavy atom. The molecule has 3 aromatic carbocycles. The minimum absolute atomic E-state index is 0.0809. The second kappa shape index (κ2) is 10.7. The van der Waals surface area contributed by atoms with Gasteiger partial charge < -0.3 is 24.8 Å². The number of hydrogen-bond donors (Lipinski definition) is 2. The summed E-state index contributed by atoms with van der Waals surface area (Å²) in [6, 6.07) is 21.7. The van der Waals surface area contributed by atoms with Gasteiger partial charge in [0.2, 0.25) is 5.91 Å². The van der Waals surface area contributed by atoms with Gasteiger partial charge in [0.25, 0.3) is 0 Å². The summed E-state index contributed by atoms with van der Waals surface area (Å²) >= 11 is 0. The summed E-state index contributed by atoms with van der Waals surface area (Å²) in [7, 11) is 3.21. The molecular formula is C27H27N3O4. The van der Waals surface area contributed by atoms with Gasteiger partial charge in [0, 0.05) is 37.2 Å². The van der Waals surface area contributed by atoms with Crippen molar-refractivity contribution >= 4 is 5.91 Å². The van der Waals surface area contributed by atoms with Crippen molar-refractivity contribution in [3.05, 3.63) is 77.4 Å². The maximum atomic E-state index is 11.1. The monoisotopic (exact) mass is 457 g/mol. The molecule has 3 aromatic rings. The number of β-lactam (4-membered cyclic amide) rings is 1. The zero-order valence-electron chi connectivity index (χ0n) is 19.3. The number of amides is 1. The van der Waals surface area contributed by atoms with Crippen LogP contribution < -0.4 is 24.8 Å². The van der Waals surface area contributed by atoms with Gasteiger partial charge in [-0.15, -0.1) is 0 Å². The molecule has 0 aliphatic carbocycles. The number of nitriles is 1. The molecule has 1 aliphatic rings. The number of rotatable bonds is 10. The zero-order chi connectivity index (χ0) is 23.9. The molecular weight excluding hydrogens is 430 g/mol. The molecule has 0 saturated carbocycles. The topological polar surface area (TPSA) is 92.6 Å². The number of carbonyl (C=O) groups excluding carboxylic acids is 1. The molecule has 0 spiro atoms. The fraction of sp³-hybridized carbons (Fsp3) is 0.259. The van der Waals surface area contributed by atoms with Crippen LogP contribution in [0.4, 0.5) is 0 Å². The van der Waals surface area contributed by atoms with E-state index in [9.17, 15) is 10.1 Å². The highest BCUT2D eigenvalue weighted by Gasteiger charge is 2.24. The average molecular weight is 458 g/mol. The first kappa shape index (κ1) is 23.1. The van der Waals surface area contributed by atoms with Crippen LogP contribution in [0.25, 0.3) is 11.1 Å². The van der Waals surface area contributed by atoms with E-state index in [1.807, 2.05) is 60.7 Å². The third kappa shape index (κ3) is 5.13. The Balaban J connectivity index is 1.50. The molecule has 174 valence electrons. The van der Waals surface area contributed by atoms with Crippen LogP contribution in [0.5, 0.6) is 17.2 Å². The number of hydrogen-bond acceptors (Lipinski definition) is 6. The average Bonchev–Trinajstić information content (AvgIpc) is 2.86. The Morgan fingerprint density at radius 3 is 2.38 bits per heavy atom. The van der Waals surface area contributed by atoms with Crippen molar-refractivity contribution in [1.29, 1.82) is 5.26 Å². The molecule has 1 atom stereocenters. The molecule has 1 amide bonds. The second-order valence-electron chi connectivity index (χ2n) is 8.01.